The van der Waals surface area contributed by atoms with Gasteiger partial charge in [0.1, 0.15) is 5.75 Å². The van der Waals surface area contributed by atoms with Gasteiger partial charge in [-0.3, -0.25) is 4.79 Å². The van der Waals surface area contributed by atoms with Crippen LogP contribution in [-0.2, 0) is 5.75 Å². The van der Waals surface area contributed by atoms with E-state index < -0.39 is 0 Å². The van der Waals surface area contributed by atoms with E-state index in [0.29, 0.717) is 17.9 Å². The van der Waals surface area contributed by atoms with E-state index in [1.165, 1.54) is 0 Å². The highest BCUT2D eigenvalue weighted by molar-refractivity contribution is 7.98. The van der Waals surface area contributed by atoms with Gasteiger partial charge in [-0.15, -0.1) is 11.8 Å². The van der Waals surface area contributed by atoms with Crippen molar-refractivity contribution in [3.05, 3.63) is 58.6 Å². The number of rotatable bonds is 6. The van der Waals surface area contributed by atoms with Crippen molar-refractivity contribution >= 4 is 29.1 Å². The van der Waals surface area contributed by atoms with Crippen LogP contribution in [0.4, 0.5) is 0 Å². The highest BCUT2D eigenvalue weighted by atomic mass is 35.5. The lowest BCUT2D eigenvalue weighted by Crippen LogP contribution is -1.99. The van der Waals surface area contributed by atoms with Crippen molar-refractivity contribution in [3.8, 4) is 5.75 Å². The summed E-state index contributed by atoms with van der Waals surface area (Å²) in [4.78, 5) is 12.5. The molecule has 0 fully saturated rings. The molecular weight excluding hydrogens is 304 g/mol. The number of carbonyl (C=O) groups excluding carboxylic acids is 1. The van der Waals surface area contributed by atoms with E-state index in [2.05, 4.69) is 0 Å². The first-order valence-electron chi connectivity index (χ1n) is 6.75. The Bertz CT molecular complexity index is 640. The van der Waals surface area contributed by atoms with E-state index in [1.807, 2.05) is 43.3 Å². The predicted molar refractivity (Wildman–Crippen MR) is 88.6 cm³/mol. The topological polar surface area (TPSA) is 26.3 Å². The number of hydrogen-bond acceptors (Lipinski definition) is 3. The number of carbonyl (C=O) groups is 1. The Hall–Kier alpha value is -1.45. The standard InChI is InChI=1S/C17H17ClO2S/c1-3-20-16-9-8-13(12(2)19)10-14(16)11-21-17-7-5-4-6-15(17)18/h4-10H,3,11H2,1-2H3. The third kappa shape index (κ3) is 4.26. The van der Waals surface area contributed by atoms with E-state index >= 15 is 0 Å². The van der Waals surface area contributed by atoms with E-state index in [1.54, 1.807) is 24.8 Å². The largest absolute Gasteiger partial charge is 0.494 e. The average molecular weight is 321 g/mol. The van der Waals surface area contributed by atoms with Gasteiger partial charge in [-0.25, -0.2) is 0 Å². The van der Waals surface area contributed by atoms with Crippen molar-refractivity contribution in [2.45, 2.75) is 24.5 Å². The molecule has 0 atom stereocenters. The van der Waals surface area contributed by atoms with Gasteiger partial charge in [-0.1, -0.05) is 23.7 Å². The first-order chi connectivity index (χ1) is 10.1. The fourth-order valence-corrected chi connectivity index (χ4v) is 3.14. The molecule has 2 rings (SSSR count). The Morgan fingerprint density at radius 2 is 2.00 bits per heavy atom. The maximum absolute atomic E-state index is 11.5. The van der Waals surface area contributed by atoms with Gasteiger partial charge in [0.15, 0.2) is 5.78 Å². The van der Waals surface area contributed by atoms with Crippen LogP contribution in [-0.4, -0.2) is 12.4 Å². The number of thioether (sulfide) groups is 1. The van der Waals surface area contributed by atoms with Gasteiger partial charge >= 0.3 is 0 Å². The van der Waals surface area contributed by atoms with Crippen molar-refractivity contribution in [1.29, 1.82) is 0 Å². The SMILES string of the molecule is CCOc1ccc(C(C)=O)cc1CSc1ccccc1Cl. The summed E-state index contributed by atoms with van der Waals surface area (Å²) in [5.74, 6) is 1.59. The van der Waals surface area contributed by atoms with Gasteiger partial charge in [0.2, 0.25) is 0 Å². The third-order valence-corrected chi connectivity index (χ3v) is 4.55. The summed E-state index contributed by atoms with van der Waals surface area (Å²) in [6.07, 6.45) is 0. The summed E-state index contributed by atoms with van der Waals surface area (Å²) < 4.78 is 5.63. The molecule has 0 saturated heterocycles. The molecule has 0 heterocycles. The second-order valence-electron chi connectivity index (χ2n) is 4.53. The molecule has 2 nitrogen and oxygen atoms in total. The second kappa shape index (κ2) is 7.53. The Balaban J connectivity index is 2.22. The Morgan fingerprint density at radius 1 is 1.24 bits per heavy atom. The maximum atomic E-state index is 11.5. The highest BCUT2D eigenvalue weighted by Gasteiger charge is 2.09. The van der Waals surface area contributed by atoms with Gasteiger partial charge in [0.05, 0.1) is 11.6 Å². The van der Waals surface area contributed by atoms with Gasteiger partial charge < -0.3 is 4.74 Å². The number of halogens is 1. The molecule has 0 radical (unpaired) electrons. The normalized spacial score (nSPS) is 10.4. The van der Waals surface area contributed by atoms with Crippen LogP contribution < -0.4 is 4.74 Å². The molecule has 0 N–H and O–H groups in total. The molecule has 0 saturated carbocycles. The predicted octanol–water partition coefficient (Wildman–Crippen LogP) is 5.23. The molecule has 0 aliphatic rings. The Labute approximate surface area is 134 Å². The molecule has 2 aromatic carbocycles. The maximum Gasteiger partial charge on any atom is 0.159 e. The Kier molecular flexibility index (Phi) is 5.71. The van der Waals surface area contributed by atoms with E-state index in [4.69, 9.17) is 16.3 Å². The summed E-state index contributed by atoms with van der Waals surface area (Å²) in [6.45, 7) is 4.12. The zero-order valence-corrected chi connectivity index (χ0v) is 13.6. The molecule has 2 aromatic rings. The van der Waals surface area contributed by atoms with Crippen molar-refractivity contribution in [1.82, 2.24) is 0 Å². The minimum atomic E-state index is 0.0574. The fraction of sp³-hybridized carbons (Fsp3) is 0.235. The molecule has 0 aliphatic heterocycles. The zero-order chi connectivity index (χ0) is 15.2. The number of benzene rings is 2. The lowest BCUT2D eigenvalue weighted by atomic mass is 10.1. The molecule has 110 valence electrons. The molecule has 0 bridgehead atoms. The average Bonchev–Trinajstić information content (AvgIpc) is 2.47. The number of hydrogen-bond donors (Lipinski definition) is 0. The smallest absolute Gasteiger partial charge is 0.159 e. The Morgan fingerprint density at radius 3 is 2.67 bits per heavy atom. The van der Waals surface area contributed by atoms with E-state index in [-0.39, 0.29) is 5.78 Å². The quantitative estimate of drug-likeness (QED) is 0.538. The molecule has 21 heavy (non-hydrogen) atoms. The molecule has 0 spiro atoms. The second-order valence-corrected chi connectivity index (χ2v) is 5.96. The monoisotopic (exact) mass is 320 g/mol. The first-order valence-corrected chi connectivity index (χ1v) is 8.12. The molecular formula is C17H17ClO2S. The summed E-state index contributed by atoms with van der Waals surface area (Å²) in [5.41, 5.74) is 1.71. The fourth-order valence-electron chi connectivity index (χ4n) is 1.92. The van der Waals surface area contributed by atoms with E-state index in [0.717, 1.165) is 21.2 Å². The minimum Gasteiger partial charge on any atom is -0.494 e. The van der Waals surface area contributed by atoms with Crippen LogP contribution >= 0.6 is 23.4 Å². The molecule has 4 heteroatoms. The lowest BCUT2D eigenvalue weighted by molar-refractivity contribution is 0.101. The van der Waals surface area contributed by atoms with Crippen LogP contribution in [0.1, 0.15) is 29.8 Å². The zero-order valence-electron chi connectivity index (χ0n) is 12.1. The third-order valence-electron chi connectivity index (χ3n) is 2.99. The van der Waals surface area contributed by atoms with Gasteiger partial charge in [0, 0.05) is 21.8 Å². The van der Waals surface area contributed by atoms with Gasteiger partial charge in [-0.2, -0.15) is 0 Å². The highest BCUT2D eigenvalue weighted by Crippen LogP contribution is 2.32. The van der Waals surface area contributed by atoms with Crippen LogP contribution in [0, 0.1) is 0 Å². The molecule has 0 aliphatic carbocycles. The van der Waals surface area contributed by atoms with Gasteiger partial charge in [0.25, 0.3) is 0 Å². The van der Waals surface area contributed by atoms with Crippen LogP contribution in [0.15, 0.2) is 47.4 Å². The summed E-state index contributed by atoms with van der Waals surface area (Å²) in [5, 5.41) is 0.739. The van der Waals surface area contributed by atoms with Crippen LogP contribution in [0.3, 0.4) is 0 Å². The molecule has 0 aromatic heterocycles. The summed E-state index contributed by atoms with van der Waals surface area (Å²) in [6, 6.07) is 13.3. The van der Waals surface area contributed by atoms with E-state index in [9.17, 15) is 4.79 Å². The van der Waals surface area contributed by atoms with Crippen LogP contribution in [0.5, 0.6) is 5.75 Å². The van der Waals surface area contributed by atoms with Crippen LogP contribution in [0.2, 0.25) is 5.02 Å². The van der Waals surface area contributed by atoms with Gasteiger partial charge in [-0.05, 0) is 44.2 Å². The molecule has 0 amide bonds. The van der Waals surface area contributed by atoms with Crippen molar-refractivity contribution in [3.63, 3.8) is 0 Å². The number of ketones is 1. The summed E-state index contributed by atoms with van der Waals surface area (Å²) >= 11 is 7.80. The molecule has 0 unspecified atom stereocenters. The number of ether oxygens (including phenoxy) is 1. The number of Topliss-reactive ketones (excluding diaryl/α,β-unsaturated/α-hetero) is 1. The van der Waals surface area contributed by atoms with Crippen LogP contribution in [0.25, 0.3) is 0 Å². The first kappa shape index (κ1) is 15.9. The summed E-state index contributed by atoms with van der Waals surface area (Å²) in [7, 11) is 0. The van der Waals surface area contributed by atoms with Crippen molar-refractivity contribution in [2.75, 3.05) is 6.61 Å². The van der Waals surface area contributed by atoms with Crippen molar-refractivity contribution < 1.29 is 9.53 Å². The van der Waals surface area contributed by atoms with Crippen molar-refractivity contribution in [2.24, 2.45) is 0 Å². The lowest BCUT2D eigenvalue weighted by Gasteiger charge is -2.12. The minimum absolute atomic E-state index is 0.0574.